The third-order valence-corrected chi connectivity index (χ3v) is 2.91. The van der Waals surface area contributed by atoms with Gasteiger partial charge in [-0.1, -0.05) is 0 Å². The Morgan fingerprint density at radius 2 is 2.36 bits per heavy atom. The molecule has 0 bridgehead atoms. The van der Waals surface area contributed by atoms with E-state index < -0.39 is 0 Å². The van der Waals surface area contributed by atoms with Crippen LogP contribution in [0.3, 0.4) is 0 Å². The molecule has 1 fully saturated rings. The lowest BCUT2D eigenvalue weighted by Crippen LogP contribution is -2.34. The van der Waals surface area contributed by atoms with Crippen LogP contribution in [0.25, 0.3) is 0 Å². The summed E-state index contributed by atoms with van der Waals surface area (Å²) in [4.78, 5) is 13.4. The van der Waals surface area contributed by atoms with E-state index in [0.29, 0.717) is 13.0 Å². The predicted octanol–water partition coefficient (Wildman–Crippen LogP) is 0.252. The van der Waals surface area contributed by atoms with Crippen molar-refractivity contribution in [2.24, 2.45) is 5.92 Å². The summed E-state index contributed by atoms with van der Waals surface area (Å²) in [5.41, 5.74) is 0. The Hall–Kier alpha value is -0.610. The van der Waals surface area contributed by atoms with Gasteiger partial charge >= 0.3 is 0 Å². The zero-order chi connectivity index (χ0) is 10.6. The van der Waals surface area contributed by atoms with Crippen LogP contribution in [0.15, 0.2) is 0 Å². The van der Waals surface area contributed by atoms with Crippen LogP contribution in [0.4, 0.5) is 0 Å². The topological polar surface area (TPSA) is 49.8 Å². The third-order valence-electron chi connectivity index (χ3n) is 2.91. The van der Waals surface area contributed by atoms with Crippen molar-refractivity contribution in [3.63, 3.8) is 0 Å². The number of nitrogens with zero attached hydrogens (tertiary/aromatic N) is 1. The largest absolute Gasteiger partial charge is 0.396 e. The van der Waals surface area contributed by atoms with Crippen molar-refractivity contribution < 1.29 is 14.6 Å². The maximum absolute atomic E-state index is 11.5. The summed E-state index contributed by atoms with van der Waals surface area (Å²) >= 11 is 0. The molecule has 1 N–H and O–H groups in total. The molecular weight excluding hydrogens is 182 g/mol. The van der Waals surface area contributed by atoms with Crippen LogP contribution in [0.5, 0.6) is 0 Å². The highest BCUT2D eigenvalue weighted by molar-refractivity contribution is 5.79. The number of ether oxygens (including phenoxy) is 1. The summed E-state index contributed by atoms with van der Waals surface area (Å²) < 4.78 is 4.94. The monoisotopic (exact) mass is 201 g/mol. The zero-order valence-electron chi connectivity index (χ0n) is 8.90. The van der Waals surface area contributed by atoms with Crippen molar-refractivity contribution in [1.82, 2.24) is 4.90 Å². The molecule has 1 saturated heterocycles. The van der Waals surface area contributed by atoms with Gasteiger partial charge in [0.15, 0.2) is 0 Å². The molecule has 2 unspecified atom stereocenters. The maximum atomic E-state index is 11.5. The number of carbonyl (C=O) groups excluding carboxylic acids is 1. The van der Waals surface area contributed by atoms with Crippen molar-refractivity contribution in [3.05, 3.63) is 0 Å². The Bertz CT molecular complexity index is 196. The fraction of sp³-hybridized carbons (Fsp3) is 0.900. The van der Waals surface area contributed by atoms with Gasteiger partial charge in [-0.05, 0) is 13.3 Å². The lowest BCUT2D eigenvalue weighted by molar-refractivity contribution is -0.128. The van der Waals surface area contributed by atoms with Gasteiger partial charge in [0.05, 0.1) is 0 Å². The molecular formula is C10H19NO3. The fourth-order valence-electron chi connectivity index (χ4n) is 1.92. The lowest BCUT2D eigenvalue weighted by Gasteiger charge is -2.23. The number of hydrogen-bond acceptors (Lipinski definition) is 3. The van der Waals surface area contributed by atoms with Crippen LogP contribution in [-0.2, 0) is 9.53 Å². The van der Waals surface area contributed by atoms with Gasteiger partial charge in [0, 0.05) is 45.2 Å². The Labute approximate surface area is 84.8 Å². The highest BCUT2D eigenvalue weighted by Gasteiger charge is 2.35. The van der Waals surface area contributed by atoms with Gasteiger partial charge in [0.2, 0.25) is 5.91 Å². The molecule has 1 aliphatic rings. The number of methoxy groups -OCH3 is 1. The van der Waals surface area contributed by atoms with Crippen molar-refractivity contribution in [1.29, 1.82) is 0 Å². The second-order valence-corrected chi connectivity index (χ2v) is 3.82. The van der Waals surface area contributed by atoms with E-state index in [1.807, 2.05) is 11.8 Å². The van der Waals surface area contributed by atoms with E-state index in [2.05, 4.69) is 0 Å². The highest BCUT2D eigenvalue weighted by Crippen LogP contribution is 2.24. The van der Waals surface area contributed by atoms with Gasteiger partial charge in [0.1, 0.15) is 0 Å². The molecule has 0 aromatic carbocycles. The first-order valence-corrected chi connectivity index (χ1v) is 5.10. The number of likely N-dealkylation sites (tertiary alicyclic amines) is 1. The molecule has 82 valence electrons. The quantitative estimate of drug-likeness (QED) is 0.649. The molecule has 0 saturated carbocycles. The molecule has 4 nitrogen and oxygen atoms in total. The first-order valence-electron chi connectivity index (χ1n) is 5.10. The van der Waals surface area contributed by atoms with Crippen LogP contribution < -0.4 is 0 Å². The summed E-state index contributed by atoms with van der Waals surface area (Å²) in [5, 5.41) is 9.04. The summed E-state index contributed by atoms with van der Waals surface area (Å²) in [5.74, 6) is 0.276. The molecule has 1 aliphatic heterocycles. The summed E-state index contributed by atoms with van der Waals surface area (Å²) in [7, 11) is 1.66. The van der Waals surface area contributed by atoms with Gasteiger partial charge in [-0.2, -0.15) is 0 Å². The number of amides is 1. The van der Waals surface area contributed by atoms with E-state index in [1.54, 1.807) is 7.11 Å². The van der Waals surface area contributed by atoms with Crippen molar-refractivity contribution in [3.8, 4) is 0 Å². The second-order valence-electron chi connectivity index (χ2n) is 3.82. The minimum Gasteiger partial charge on any atom is -0.396 e. The first kappa shape index (κ1) is 11.5. The average molecular weight is 201 g/mol. The SMILES string of the molecule is COCCCN1C(=O)CC(CO)C1C. The normalized spacial score (nSPS) is 27.4. The second kappa shape index (κ2) is 5.32. The van der Waals surface area contributed by atoms with Gasteiger partial charge in [-0.3, -0.25) is 4.79 Å². The van der Waals surface area contributed by atoms with Crippen molar-refractivity contribution in [2.75, 3.05) is 26.9 Å². The lowest BCUT2D eigenvalue weighted by atomic mass is 10.0. The standard InChI is InChI=1S/C10H19NO3/c1-8-9(7-12)6-10(13)11(8)4-3-5-14-2/h8-9,12H,3-7H2,1-2H3. The molecule has 1 rings (SSSR count). The Morgan fingerprint density at radius 3 is 2.86 bits per heavy atom. The summed E-state index contributed by atoms with van der Waals surface area (Å²) in [6, 6.07) is 0.171. The molecule has 0 spiro atoms. The fourth-order valence-corrected chi connectivity index (χ4v) is 1.92. The number of hydrogen-bond donors (Lipinski definition) is 1. The van der Waals surface area contributed by atoms with Crippen LogP contribution >= 0.6 is 0 Å². The Morgan fingerprint density at radius 1 is 1.64 bits per heavy atom. The van der Waals surface area contributed by atoms with Crippen LogP contribution in [0.1, 0.15) is 19.8 Å². The molecule has 0 aromatic heterocycles. The van der Waals surface area contributed by atoms with Crippen LogP contribution in [0.2, 0.25) is 0 Å². The molecule has 0 radical (unpaired) electrons. The number of carbonyl (C=O) groups is 1. The van der Waals surface area contributed by atoms with E-state index in [0.717, 1.165) is 13.0 Å². The van der Waals surface area contributed by atoms with Gasteiger partial charge in [-0.15, -0.1) is 0 Å². The summed E-state index contributed by atoms with van der Waals surface area (Å²) in [6.07, 6.45) is 1.36. The Kier molecular flexibility index (Phi) is 4.35. The average Bonchev–Trinajstić information content (AvgIpc) is 2.45. The minimum absolute atomic E-state index is 0.105. The first-order chi connectivity index (χ1) is 6.70. The third kappa shape index (κ3) is 2.45. The molecule has 14 heavy (non-hydrogen) atoms. The van der Waals surface area contributed by atoms with Crippen molar-refractivity contribution >= 4 is 5.91 Å². The number of aliphatic hydroxyl groups excluding tert-OH is 1. The van der Waals surface area contributed by atoms with Crippen LogP contribution in [-0.4, -0.2) is 48.8 Å². The van der Waals surface area contributed by atoms with E-state index in [4.69, 9.17) is 9.84 Å². The molecule has 0 aliphatic carbocycles. The van der Waals surface area contributed by atoms with Gasteiger partial charge in [-0.25, -0.2) is 0 Å². The predicted molar refractivity (Wildman–Crippen MR) is 52.9 cm³/mol. The Balaban J connectivity index is 2.40. The molecule has 2 atom stereocenters. The van der Waals surface area contributed by atoms with Crippen LogP contribution in [0, 0.1) is 5.92 Å². The maximum Gasteiger partial charge on any atom is 0.223 e. The van der Waals surface area contributed by atoms with Crippen molar-refractivity contribution in [2.45, 2.75) is 25.8 Å². The van der Waals surface area contributed by atoms with E-state index in [1.165, 1.54) is 0 Å². The molecule has 1 heterocycles. The minimum atomic E-state index is 0.105. The number of aliphatic hydroxyl groups is 1. The zero-order valence-corrected chi connectivity index (χ0v) is 8.90. The smallest absolute Gasteiger partial charge is 0.223 e. The molecule has 4 heteroatoms. The van der Waals surface area contributed by atoms with Gasteiger partial charge in [0.25, 0.3) is 0 Å². The molecule has 0 aromatic rings. The highest BCUT2D eigenvalue weighted by atomic mass is 16.5. The number of rotatable bonds is 5. The van der Waals surface area contributed by atoms with E-state index in [-0.39, 0.29) is 24.5 Å². The van der Waals surface area contributed by atoms with Gasteiger partial charge < -0.3 is 14.7 Å². The van der Waals surface area contributed by atoms with E-state index >= 15 is 0 Å². The van der Waals surface area contributed by atoms with E-state index in [9.17, 15) is 4.79 Å². The summed E-state index contributed by atoms with van der Waals surface area (Å²) in [6.45, 7) is 3.52. The molecule has 1 amide bonds.